The van der Waals surface area contributed by atoms with Gasteiger partial charge in [-0.2, -0.15) is 0 Å². The molecule has 0 N–H and O–H groups in total. The molecule has 0 aromatic heterocycles. The molecule has 4 nitrogen and oxygen atoms in total. The summed E-state index contributed by atoms with van der Waals surface area (Å²) in [5.41, 5.74) is 2.03. The number of hydrogen-bond donors (Lipinski definition) is 0. The lowest BCUT2D eigenvalue weighted by Crippen LogP contribution is -2.40. The Labute approximate surface area is 197 Å². The molecule has 0 saturated carbocycles. The van der Waals surface area contributed by atoms with Crippen molar-refractivity contribution in [3.8, 4) is 5.75 Å². The zero-order chi connectivity index (χ0) is 23.2. The molecular formula is C28H37FN2O2. The van der Waals surface area contributed by atoms with Gasteiger partial charge < -0.3 is 14.5 Å². The van der Waals surface area contributed by atoms with E-state index < -0.39 is 0 Å². The summed E-state index contributed by atoms with van der Waals surface area (Å²) in [5.74, 6) is 1.73. The summed E-state index contributed by atoms with van der Waals surface area (Å²) in [7, 11) is 0. The molecule has 2 atom stereocenters. The third kappa shape index (κ3) is 6.80. The summed E-state index contributed by atoms with van der Waals surface area (Å²) in [4.78, 5) is 18.0. The largest absolute Gasteiger partial charge is 0.493 e. The number of halogens is 1. The maximum absolute atomic E-state index is 13.4. The van der Waals surface area contributed by atoms with Crippen molar-refractivity contribution in [3.63, 3.8) is 0 Å². The quantitative estimate of drug-likeness (QED) is 0.493. The van der Waals surface area contributed by atoms with Gasteiger partial charge in [-0.1, -0.05) is 38.1 Å². The van der Waals surface area contributed by atoms with Gasteiger partial charge in [0, 0.05) is 25.6 Å². The van der Waals surface area contributed by atoms with Crippen molar-refractivity contribution in [1.82, 2.24) is 9.80 Å². The van der Waals surface area contributed by atoms with E-state index in [0.717, 1.165) is 36.3 Å². The van der Waals surface area contributed by atoms with E-state index in [1.165, 1.54) is 31.5 Å². The van der Waals surface area contributed by atoms with Crippen LogP contribution in [0.1, 0.15) is 57.1 Å². The van der Waals surface area contributed by atoms with Gasteiger partial charge in [-0.15, -0.1) is 0 Å². The van der Waals surface area contributed by atoms with Crippen molar-refractivity contribution in [2.45, 2.75) is 65.1 Å². The highest BCUT2D eigenvalue weighted by molar-refractivity contribution is 5.76. The molecule has 2 heterocycles. The summed E-state index contributed by atoms with van der Waals surface area (Å²) in [6.45, 7) is 8.33. The SMILES string of the molecule is CC(C)COc1ccc(CN(Cc2ccc(F)cc2)C(=O)CC2CCN3CCCC3C2)cc1. The fraction of sp³-hybridized carbons (Fsp3) is 0.536. The lowest BCUT2D eigenvalue weighted by molar-refractivity contribution is -0.134. The first-order valence-corrected chi connectivity index (χ1v) is 12.4. The van der Waals surface area contributed by atoms with Crippen molar-refractivity contribution < 1.29 is 13.9 Å². The van der Waals surface area contributed by atoms with Crippen LogP contribution in [0.5, 0.6) is 5.75 Å². The minimum atomic E-state index is -0.253. The van der Waals surface area contributed by atoms with Crippen LogP contribution >= 0.6 is 0 Å². The first-order valence-electron chi connectivity index (χ1n) is 12.4. The highest BCUT2D eigenvalue weighted by Gasteiger charge is 2.33. The van der Waals surface area contributed by atoms with Crippen molar-refractivity contribution in [3.05, 3.63) is 65.5 Å². The molecule has 2 aliphatic heterocycles. The van der Waals surface area contributed by atoms with Crippen LogP contribution < -0.4 is 4.74 Å². The number of carbonyl (C=O) groups is 1. The maximum atomic E-state index is 13.4. The summed E-state index contributed by atoms with van der Waals surface area (Å²) < 4.78 is 19.2. The van der Waals surface area contributed by atoms with Crippen molar-refractivity contribution >= 4 is 5.91 Å². The van der Waals surface area contributed by atoms with E-state index in [0.29, 0.717) is 44.0 Å². The van der Waals surface area contributed by atoms with E-state index in [-0.39, 0.29) is 11.7 Å². The molecule has 33 heavy (non-hydrogen) atoms. The molecular weight excluding hydrogens is 415 g/mol. The van der Waals surface area contributed by atoms with Crippen molar-refractivity contribution in [1.29, 1.82) is 0 Å². The molecule has 2 aromatic carbocycles. The summed E-state index contributed by atoms with van der Waals surface area (Å²) >= 11 is 0. The number of ether oxygens (including phenoxy) is 1. The maximum Gasteiger partial charge on any atom is 0.223 e. The average Bonchev–Trinajstić information content (AvgIpc) is 3.27. The van der Waals surface area contributed by atoms with Crippen LogP contribution in [0, 0.1) is 17.7 Å². The molecule has 0 aliphatic carbocycles. The molecule has 2 aliphatic rings. The van der Waals surface area contributed by atoms with E-state index in [1.54, 1.807) is 12.1 Å². The molecule has 2 aromatic rings. The second kappa shape index (κ2) is 11.1. The van der Waals surface area contributed by atoms with E-state index in [2.05, 4.69) is 18.7 Å². The van der Waals surface area contributed by atoms with Crippen LogP contribution in [0.15, 0.2) is 48.5 Å². The van der Waals surface area contributed by atoms with Crippen LogP contribution in [0.4, 0.5) is 4.39 Å². The van der Waals surface area contributed by atoms with Gasteiger partial charge in [0.25, 0.3) is 0 Å². The summed E-state index contributed by atoms with van der Waals surface area (Å²) in [6.07, 6.45) is 5.40. The minimum absolute atomic E-state index is 0.191. The summed E-state index contributed by atoms with van der Waals surface area (Å²) in [6, 6.07) is 15.2. The molecule has 0 bridgehead atoms. The number of carbonyl (C=O) groups excluding carboxylic acids is 1. The third-order valence-electron chi connectivity index (χ3n) is 6.91. The van der Waals surface area contributed by atoms with Crippen LogP contribution in [-0.2, 0) is 17.9 Å². The molecule has 4 rings (SSSR count). The Morgan fingerprint density at radius 3 is 2.36 bits per heavy atom. The lowest BCUT2D eigenvalue weighted by Gasteiger charge is -2.35. The standard InChI is InChI=1S/C28H37FN2O2/c1-21(2)20-33-27-11-7-23(8-12-27)19-31(18-22-5-9-25(29)10-6-22)28(32)17-24-13-15-30-14-3-4-26(30)16-24/h5-12,21,24,26H,3-4,13-20H2,1-2H3. The van der Waals surface area contributed by atoms with Crippen molar-refractivity contribution in [2.24, 2.45) is 11.8 Å². The van der Waals surface area contributed by atoms with Gasteiger partial charge in [0.2, 0.25) is 5.91 Å². The average molecular weight is 453 g/mol. The molecule has 0 radical (unpaired) electrons. The Hall–Kier alpha value is -2.40. The predicted octanol–water partition coefficient (Wildman–Crippen LogP) is 5.65. The second-order valence-corrected chi connectivity index (χ2v) is 10.2. The first-order chi connectivity index (χ1) is 16.0. The number of nitrogens with zero attached hydrogens (tertiary/aromatic N) is 2. The number of amides is 1. The highest BCUT2D eigenvalue weighted by Crippen LogP contribution is 2.32. The zero-order valence-electron chi connectivity index (χ0n) is 20.0. The van der Waals surface area contributed by atoms with E-state index >= 15 is 0 Å². The van der Waals surface area contributed by atoms with Crippen LogP contribution in [-0.4, -0.2) is 41.4 Å². The Bertz CT molecular complexity index is 897. The molecule has 5 heteroatoms. The fourth-order valence-electron chi connectivity index (χ4n) is 5.09. The Morgan fingerprint density at radius 2 is 1.70 bits per heavy atom. The molecule has 1 amide bonds. The van der Waals surface area contributed by atoms with Gasteiger partial charge in [0.15, 0.2) is 0 Å². The normalized spacial score (nSPS) is 20.6. The third-order valence-corrected chi connectivity index (χ3v) is 6.91. The van der Waals surface area contributed by atoms with Gasteiger partial charge in [0.05, 0.1) is 6.61 Å². The van der Waals surface area contributed by atoms with E-state index in [4.69, 9.17) is 4.74 Å². The Balaban J connectivity index is 1.42. The molecule has 0 spiro atoms. The summed E-state index contributed by atoms with van der Waals surface area (Å²) in [5, 5.41) is 0. The Kier molecular flexibility index (Phi) is 8.02. The van der Waals surface area contributed by atoms with E-state index in [1.807, 2.05) is 29.2 Å². The number of benzene rings is 2. The van der Waals surface area contributed by atoms with E-state index in [9.17, 15) is 9.18 Å². The van der Waals surface area contributed by atoms with Gasteiger partial charge in [-0.3, -0.25) is 4.79 Å². The van der Waals surface area contributed by atoms with Crippen LogP contribution in [0.2, 0.25) is 0 Å². The van der Waals surface area contributed by atoms with Gasteiger partial charge in [-0.05, 0) is 86.0 Å². The van der Waals surface area contributed by atoms with Crippen LogP contribution in [0.3, 0.4) is 0 Å². The number of fused-ring (bicyclic) bond motifs is 1. The lowest BCUT2D eigenvalue weighted by atomic mass is 9.88. The number of rotatable bonds is 9. The Morgan fingerprint density at radius 1 is 1.03 bits per heavy atom. The zero-order valence-corrected chi connectivity index (χ0v) is 20.0. The monoisotopic (exact) mass is 452 g/mol. The van der Waals surface area contributed by atoms with Gasteiger partial charge in [-0.25, -0.2) is 4.39 Å². The molecule has 2 unspecified atom stereocenters. The highest BCUT2D eigenvalue weighted by atomic mass is 19.1. The minimum Gasteiger partial charge on any atom is -0.493 e. The smallest absolute Gasteiger partial charge is 0.223 e. The second-order valence-electron chi connectivity index (χ2n) is 10.2. The molecule has 178 valence electrons. The number of piperidine rings is 1. The topological polar surface area (TPSA) is 32.8 Å². The van der Waals surface area contributed by atoms with Crippen LogP contribution in [0.25, 0.3) is 0 Å². The van der Waals surface area contributed by atoms with Crippen molar-refractivity contribution in [2.75, 3.05) is 19.7 Å². The molecule has 2 fully saturated rings. The fourth-order valence-corrected chi connectivity index (χ4v) is 5.09. The van der Waals surface area contributed by atoms with Gasteiger partial charge >= 0.3 is 0 Å². The number of hydrogen-bond acceptors (Lipinski definition) is 3. The van der Waals surface area contributed by atoms with Gasteiger partial charge in [0.1, 0.15) is 11.6 Å². The predicted molar refractivity (Wildman–Crippen MR) is 129 cm³/mol. The first kappa shape index (κ1) is 23.7. The molecule has 2 saturated heterocycles.